The van der Waals surface area contributed by atoms with E-state index in [0.29, 0.717) is 17.7 Å². The molecule has 0 amide bonds. The minimum atomic E-state index is -0.236. The second-order valence-electron chi connectivity index (χ2n) is 4.21. The lowest BCUT2D eigenvalue weighted by molar-refractivity contribution is 0.493. The van der Waals surface area contributed by atoms with E-state index in [1.165, 1.54) is 0 Å². The van der Waals surface area contributed by atoms with Crippen molar-refractivity contribution >= 4 is 11.0 Å². The molecule has 0 fully saturated rings. The fraction of sp³-hybridized carbons (Fsp3) is 0.429. The summed E-state index contributed by atoms with van der Waals surface area (Å²) in [7, 11) is 0. The Morgan fingerprint density at radius 1 is 1.29 bits per heavy atom. The zero-order valence-corrected chi connectivity index (χ0v) is 10.6. The standard InChI is InChI=1S/C14H18FNO/c1-4-10-11-7-6-9(3)13(15)14(11)17-12(10)8-16-5-2/h6-7,16H,4-5,8H2,1-3H3. The van der Waals surface area contributed by atoms with Crippen LogP contribution in [-0.2, 0) is 13.0 Å². The molecule has 1 heterocycles. The largest absolute Gasteiger partial charge is 0.456 e. The number of hydrogen-bond donors (Lipinski definition) is 1. The Morgan fingerprint density at radius 3 is 2.71 bits per heavy atom. The van der Waals surface area contributed by atoms with Gasteiger partial charge in [0.25, 0.3) is 0 Å². The zero-order valence-electron chi connectivity index (χ0n) is 10.6. The van der Waals surface area contributed by atoms with Gasteiger partial charge in [-0.15, -0.1) is 0 Å². The third kappa shape index (κ3) is 2.07. The number of benzene rings is 1. The summed E-state index contributed by atoms with van der Waals surface area (Å²) < 4.78 is 19.6. The van der Waals surface area contributed by atoms with Crippen molar-refractivity contribution in [3.8, 4) is 0 Å². The van der Waals surface area contributed by atoms with E-state index in [-0.39, 0.29) is 5.82 Å². The summed E-state index contributed by atoms with van der Waals surface area (Å²) in [6, 6.07) is 3.76. The molecule has 0 aliphatic carbocycles. The fourth-order valence-corrected chi connectivity index (χ4v) is 2.10. The molecule has 0 spiro atoms. The number of furan rings is 1. The van der Waals surface area contributed by atoms with Crippen LogP contribution in [0.15, 0.2) is 16.5 Å². The highest BCUT2D eigenvalue weighted by Gasteiger charge is 2.16. The first-order valence-corrected chi connectivity index (χ1v) is 6.09. The van der Waals surface area contributed by atoms with Crippen molar-refractivity contribution in [2.75, 3.05) is 6.54 Å². The molecule has 0 saturated carbocycles. The summed E-state index contributed by atoms with van der Waals surface area (Å²) in [5.41, 5.74) is 2.14. The molecule has 0 atom stereocenters. The summed E-state index contributed by atoms with van der Waals surface area (Å²) in [4.78, 5) is 0. The van der Waals surface area contributed by atoms with E-state index in [4.69, 9.17) is 4.42 Å². The van der Waals surface area contributed by atoms with Gasteiger partial charge < -0.3 is 9.73 Å². The first-order chi connectivity index (χ1) is 8.19. The molecule has 0 bridgehead atoms. The summed E-state index contributed by atoms with van der Waals surface area (Å²) in [5, 5.41) is 4.12. The van der Waals surface area contributed by atoms with Crippen molar-refractivity contribution in [2.24, 2.45) is 0 Å². The topological polar surface area (TPSA) is 25.2 Å². The predicted octanol–water partition coefficient (Wildman–Crippen LogP) is 3.55. The molecule has 0 aliphatic rings. The summed E-state index contributed by atoms with van der Waals surface area (Å²) in [5.74, 6) is 0.619. The maximum atomic E-state index is 13.9. The highest BCUT2D eigenvalue weighted by molar-refractivity contribution is 5.83. The Labute approximate surface area is 101 Å². The fourth-order valence-electron chi connectivity index (χ4n) is 2.10. The van der Waals surface area contributed by atoms with Crippen LogP contribution in [0.25, 0.3) is 11.0 Å². The lowest BCUT2D eigenvalue weighted by Crippen LogP contribution is -2.12. The third-order valence-electron chi connectivity index (χ3n) is 3.07. The molecule has 0 saturated heterocycles. The van der Waals surface area contributed by atoms with Crippen molar-refractivity contribution in [3.63, 3.8) is 0 Å². The predicted molar refractivity (Wildman–Crippen MR) is 67.7 cm³/mol. The van der Waals surface area contributed by atoms with Gasteiger partial charge in [0, 0.05) is 10.9 Å². The molecule has 1 N–H and O–H groups in total. The van der Waals surface area contributed by atoms with Gasteiger partial charge in [-0.05, 0) is 25.5 Å². The molecule has 3 heteroatoms. The van der Waals surface area contributed by atoms with Crippen LogP contribution in [0.5, 0.6) is 0 Å². The molecule has 17 heavy (non-hydrogen) atoms. The van der Waals surface area contributed by atoms with E-state index in [2.05, 4.69) is 12.2 Å². The van der Waals surface area contributed by atoms with Gasteiger partial charge >= 0.3 is 0 Å². The van der Waals surface area contributed by atoms with Gasteiger partial charge in [-0.1, -0.05) is 26.0 Å². The van der Waals surface area contributed by atoms with Gasteiger partial charge in [0.15, 0.2) is 11.4 Å². The Balaban J connectivity index is 2.57. The highest BCUT2D eigenvalue weighted by atomic mass is 19.1. The van der Waals surface area contributed by atoms with E-state index in [1.807, 2.05) is 19.1 Å². The van der Waals surface area contributed by atoms with Crippen molar-refractivity contribution < 1.29 is 8.81 Å². The van der Waals surface area contributed by atoms with Crippen LogP contribution >= 0.6 is 0 Å². The first kappa shape index (κ1) is 12.1. The number of halogens is 1. The number of aryl methyl sites for hydroxylation is 2. The van der Waals surface area contributed by atoms with E-state index in [0.717, 1.165) is 29.7 Å². The van der Waals surface area contributed by atoms with Gasteiger partial charge in [0.2, 0.25) is 0 Å². The van der Waals surface area contributed by atoms with Crippen LogP contribution in [0, 0.1) is 12.7 Å². The SMILES string of the molecule is CCNCc1oc2c(F)c(C)ccc2c1CC. The van der Waals surface area contributed by atoms with Crippen LogP contribution in [-0.4, -0.2) is 6.54 Å². The van der Waals surface area contributed by atoms with Crippen LogP contribution in [0.2, 0.25) is 0 Å². The average Bonchev–Trinajstić information content (AvgIpc) is 2.69. The molecule has 0 aliphatic heterocycles. The molecule has 2 aromatic rings. The van der Waals surface area contributed by atoms with Crippen molar-refractivity contribution in [1.29, 1.82) is 0 Å². The zero-order chi connectivity index (χ0) is 12.4. The van der Waals surface area contributed by atoms with Gasteiger partial charge in [0.05, 0.1) is 6.54 Å². The average molecular weight is 235 g/mol. The van der Waals surface area contributed by atoms with Crippen molar-refractivity contribution in [1.82, 2.24) is 5.32 Å². The van der Waals surface area contributed by atoms with Gasteiger partial charge in [-0.3, -0.25) is 0 Å². The quantitative estimate of drug-likeness (QED) is 0.876. The minimum Gasteiger partial charge on any atom is -0.456 e. The monoisotopic (exact) mass is 235 g/mol. The second-order valence-corrected chi connectivity index (χ2v) is 4.21. The van der Waals surface area contributed by atoms with E-state index in [1.54, 1.807) is 6.92 Å². The van der Waals surface area contributed by atoms with Crippen molar-refractivity contribution in [3.05, 3.63) is 34.8 Å². The van der Waals surface area contributed by atoms with Gasteiger partial charge in [0.1, 0.15) is 5.76 Å². The minimum absolute atomic E-state index is 0.236. The second kappa shape index (κ2) is 4.88. The molecule has 1 aromatic carbocycles. The van der Waals surface area contributed by atoms with E-state index in [9.17, 15) is 4.39 Å². The maximum absolute atomic E-state index is 13.9. The van der Waals surface area contributed by atoms with E-state index < -0.39 is 0 Å². The third-order valence-corrected chi connectivity index (χ3v) is 3.07. The Morgan fingerprint density at radius 2 is 2.06 bits per heavy atom. The molecule has 0 radical (unpaired) electrons. The number of fused-ring (bicyclic) bond motifs is 1. The molecule has 92 valence electrons. The van der Waals surface area contributed by atoms with Gasteiger partial charge in [-0.2, -0.15) is 0 Å². The number of rotatable bonds is 4. The summed E-state index contributed by atoms with van der Waals surface area (Å²) in [6.07, 6.45) is 0.857. The first-order valence-electron chi connectivity index (χ1n) is 6.09. The maximum Gasteiger partial charge on any atom is 0.170 e. The smallest absolute Gasteiger partial charge is 0.170 e. The van der Waals surface area contributed by atoms with Crippen LogP contribution in [0.4, 0.5) is 4.39 Å². The van der Waals surface area contributed by atoms with Crippen LogP contribution in [0.3, 0.4) is 0 Å². The number of nitrogens with one attached hydrogen (secondary N) is 1. The summed E-state index contributed by atoms with van der Waals surface area (Å²) in [6.45, 7) is 7.40. The Bertz CT molecular complexity index is 530. The molecular weight excluding hydrogens is 217 g/mol. The van der Waals surface area contributed by atoms with Crippen LogP contribution < -0.4 is 5.32 Å². The molecule has 2 nitrogen and oxygen atoms in total. The molecule has 2 rings (SSSR count). The lowest BCUT2D eigenvalue weighted by atomic mass is 10.1. The molecular formula is C14H18FNO. The van der Waals surface area contributed by atoms with Crippen molar-refractivity contribution in [2.45, 2.75) is 33.7 Å². The highest BCUT2D eigenvalue weighted by Crippen LogP contribution is 2.29. The Hall–Kier alpha value is -1.35. The Kier molecular flexibility index (Phi) is 3.48. The number of hydrogen-bond acceptors (Lipinski definition) is 2. The summed E-state index contributed by atoms with van der Waals surface area (Å²) >= 11 is 0. The van der Waals surface area contributed by atoms with E-state index >= 15 is 0 Å². The normalized spacial score (nSPS) is 11.3. The van der Waals surface area contributed by atoms with Crippen LogP contribution in [0.1, 0.15) is 30.7 Å². The lowest BCUT2D eigenvalue weighted by Gasteiger charge is -2.00. The van der Waals surface area contributed by atoms with Gasteiger partial charge in [-0.25, -0.2) is 4.39 Å². The molecule has 1 aromatic heterocycles. The molecule has 0 unspecified atom stereocenters.